The molecule has 184 valence electrons. The van der Waals surface area contributed by atoms with E-state index in [-0.39, 0.29) is 39.1 Å². The SMILES string of the molecule is C[C@@H]1CC[C@@]23CCC4(C)[C@@](C=CC5[C@@]6(C)CC[C@H](O)C(C)(C)C6CC[C@]54C)(OC2=O)C3[C@H]1C. The summed E-state index contributed by atoms with van der Waals surface area (Å²) >= 11 is 0. The maximum atomic E-state index is 13.6. The van der Waals surface area contributed by atoms with Crippen molar-refractivity contribution in [2.45, 2.75) is 112 Å². The van der Waals surface area contributed by atoms with Crippen LogP contribution in [-0.2, 0) is 9.53 Å². The van der Waals surface area contributed by atoms with Crippen LogP contribution in [0.2, 0.25) is 0 Å². The molecule has 1 saturated heterocycles. The second-order valence-corrected chi connectivity index (χ2v) is 14.8. The van der Waals surface area contributed by atoms with Crippen molar-refractivity contribution in [1.29, 1.82) is 0 Å². The van der Waals surface area contributed by atoms with Crippen LogP contribution >= 0.6 is 0 Å². The van der Waals surface area contributed by atoms with Gasteiger partial charge in [0.2, 0.25) is 0 Å². The van der Waals surface area contributed by atoms with E-state index in [2.05, 4.69) is 60.6 Å². The lowest BCUT2D eigenvalue weighted by atomic mass is 9.32. The monoisotopic (exact) mass is 454 g/mol. The maximum absolute atomic E-state index is 13.6. The number of ether oxygens (including phenoxy) is 1. The average Bonchev–Trinajstić information content (AvgIpc) is 2.95. The Morgan fingerprint density at radius 3 is 2.39 bits per heavy atom. The van der Waals surface area contributed by atoms with Crippen LogP contribution < -0.4 is 0 Å². The molecule has 3 nitrogen and oxygen atoms in total. The predicted molar refractivity (Wildman–Crippen MR) is 130 cm³/mol. The van der Waals surface area contributed by atoms with E-state index in [4.69, 9.17) is 4.74 Å². The first-order valence-electron chi connectivity index (χ1n) is 13.9. The second kappa shape index (κ2) is 6.29. The van der Waals surface area contributed by atoms with Gasteiger partial charge in [0.25, 0.3) is 0 Å². The van der Waals surface area contributed by atoms with Gasteiger partial charge in [-0.05, 0) is 97.4 Å². The summed E-state index contributed by atoms with van der Waals surface area (Å²) in [6.45, 7) is 17.0. The Balaban J connectivity index is 1.52. The highest BCUT2D eigenvalue weighted by Crippen LogP contribution is 2.79. The molecule has 1 heterocycles. The second-order valence-electron chi connectivity index (χ2n) is 14.8. The summed E-state index contributed by atoms with van der Waals surface area (Å²) in [6.07, 6.45) is 13.4. The van der Waals surface area contributed by atoms with Gasteiger partial charge in [-0.2, -0.15) is 0 Å². The van der Waals surface area contributed by atoms with Crippen molar-refractivity contribution < 1.29 is 14.6 Å². The molecule has 4 unspecified atom stereocenters. The van der Waals surface area contributed by atoms with Crippen molar-refractivity contribution in [3.8, 4) is 0 Å². The molecule has 1 N–H and O–H groups in total. The van der Waals surface area contributed by atoms with Gasteiger partial charge in [-0.3, -0.25) is 4.79 Å². The topological polar surface area (TPSA) is 46.5 Å². The van der Waals surface area contributed by atoms with Gasteiger partial charge in [0.15, 0.2) is 0 Å². The third kappa shape index (κ3) is 2.23. The molecule has 5 aliphatic carbocycles. The van der Waals surface area contributed by atoms with Gasteiger partial charge in [-0.25, -0.2) is 0 Å². The van der Waals surface area contributed by atoms with Crippen LogP contribution in [-0.4, -0.2) is 22.8 Å². The van der Waals surface area contributed by atoms with Crippen LogP contribution in [0, 0.1) is 56.7 Å². The largest absolute Gasteiger partial charge is 0.453 e. The van der Waals surface area contributed by atoms with Crippen LogP contribution in [0.1, 0.15) is 99.8 Å². The lowest BCUT2D eigenvalue weighted by molar-refractivity contribution is -0.245. The first kappa shape index (κ1) is 22.6. The molecule has 2 bridgehead atoms. The number of allylic oxidation sites excluding steroid dienone is 1. The number of aliphatic hydroxyl groups excluding tert-OH is 1. The number of esters is 1. The number of carbonyl (C=O) groups excluding carboxylic acids is 1. The molecular formula is C30H46O3. The molecule has 0 aromatic carbocycles. The van der Waals surface area contributed by atoms with Gasteiger partial charge in [-0.15, -0.1) is 0 Å². The van der Waals surface area contributed by atoms with E-state index < -0.39 is 5.60 Å². The number of hydrogen-bond acceptors (Lipinski definition) is 3. The molecule has 0 aromatic rings. The lowest BCUT2D eigenvalue weighted by Gasteiger charge is -2.72. The van der Waals surface area contributed by atoms with Crippen molar-refractivity contribution in [1.82, 2.24) is 0 Å². The minimum absolute atomic E-state index is 0.0424. The molecule has 3 heteroatoms. The predicted octanol–water partition coefficient (Wildman–Crippen LogP) is 6.54. The van der Waals surface area contributed by atoms with E-state index in [1.165, 1.54) is 6.42 Å². The Morgan fingerprint density at radius 1 is 0.939 bits per heavy atom. The Labute approximate surface area is 201 Å². The number of hydrogen-bond donors (Lipinski definition) is 1. The van der Waals surface area contributed by atoms with E-state index in [0.717, 1.165) is 44.9 Å². The van der Waals surface area contributed by atoms with Crippen molar-refractivity contribution in [3.63, 3.8) is 0 Å². The van der Waals surface area contributed by atoms with Crippen LogP contribution in [0.25, 0.3) is 0 Å². The summed E-state index contributed by atoms with van der Waals surface area (Å²) in [4.78, 5) is 13.6. The molecule has 0 radical (unpaired) electrons. The smallest absolute Gasteiger partial charge is 0.313 e. The molecular weight excluding hydrogens is 408 g/mol. The molecule has 1 aliphatic heterocycles. The summed E-state index contributed by atoms with van der Waals surface area (Å²) in [5, 5.41) is 10.9. The Hall–Kier alpha value is -0.830. The zero-order chi connectivity index (χ0) is 23.8. The Bertz CT molecular complexity index is 922. The van der Waals surface area contributed by atoms with E-state index in [1.807, 2.05) is 0 Å². The average molecular weight is 455 g/mol. The molecule has 1 spiro atoms. The van der Waals surface area contributed by atoms with Gasteiger partial charge in [0.1, 0.15) is 5.60 Å². The van der Waals surface area contributed by atoms with E-state index in [1.54, 1.807) is 0 Å². The molecule has 11 atom stereocenters. The van der Waals surface area contributed by atoms with E-state index in [0.29, 0.717) is 29.6 Å². The lowest BCUT2D eigenvalue weighted by Crippen LogP contribution is -2.71. The van der Waals surface area contributed by atoms with Crippen LogP contribution in [0.4, 0.5) is 0 Å². The zero-order valence-corrected chi connectivity index (χ0v) is 22.0. The highest BCUT2D eigenvalue weighted by molar-refractivity contribution is 5.82. The summed E-state index contributed by atoms with van der Waals surface area (Å²) in [5.74, 6) is 2.56. The Kier molecular flexibility index (Phi) is 4.31. The zero-order valence-electron chi connectivity index (χ0n) is 22.0. The van der Waals surface area contributed by atoms with E-state index in [9.17, 15) is 9.90 Å². The third-order valence-electron chi connectivity index (χ3n) is 13.8. The Morgan fingerprint density at radius 2 is 1.67 bits per heavy atom. The van der Waals surface area contributed by atoms with Gasteiger partial charge in [0.05, 0.1) is 11.5 Å². The number of carbonyl (C=O) groups is 1. The quantitative estimate of drug-likeness (QED) is 0.334. The normalized spacial score (nSPS) is 60.8. The van der Waals surface area contributed by atoms with Crippen molar-refractivity contribution in [2.24, 2.45) is 56.7 Å². The van der Waals surface area contributed by atoms with Crippen LogP contribution in [0.15, 0.2) is 12.2 Å². The van der Waals surface area contributed by atoms with Gasteiger partial charge in [0, 0.05) is 11.3 Å². The number of fused-ring (bicyclic) bond motifs is 4. The minimum atomic E-state index is -0.450. The van der Waals surface area contributed by atoms with Gasteiger partial charge < -0.3 is 9.84 Å². The summed E-state index contributed by atoms with van der Waals surface area (Å²) in [7, 11) is 0. The maximum Gasteiger partial charge on any atom is 0.313 e. The highest BCUT2D eigenvalue weighted by Gasteiger charge is 2.80. The molecule has 6 rings (SSSR count). The van der Waals surface area contributed by atoms with E-state index >= 15 is 0 Å². The standard InChI is InChI=1S/C30H46O3/c1-18-8-14-29-17-16-28(7)27(6)13-9-20-25(3,4)22(31)11-12-26(20,5)21(27)10-15-30(28,33-24(29)32)23(29)19(18)2/h10,15,18-23,31H,8-9,11-14,16-17H2,1-7H3/t18-,19+,20?,21?,22+,23?,26+,27-,28?,29+,30+/m1/s1. The third-order valence-corrected chi connectivity index (χ3v) is 13.8. The first-order valence-corrected chi connectivity index (χ1v) is 13.9. The van der Waals surface area contributed by atoms with Crippen molar-refractivity contribution in [3.05, 3.63) is 12.2 Å². The summed E-state index contributed by atoms with van der Waals surface area (Å²) < 4.78 is 6.71. The molecule has 4 saturated carbocycles. The molecule has 6 aliphatic rings. The fourth-order valence-corrected chi connectivity index (χ4v) is 11.4. The summed E-state index contributed by atoms with van der Waals surface area (Å²) in [5.41, 5.74) is -0.514. The van der Waals surface area contributed by atoms with Gasteiger partial charge >= 0.3 is 5.97 Å². The van der Waals surface area contributed by atoms with Gasteiger partial charge in [-0.1, -0.05) is 54.5 Å². The van der Waals surface area contributed by atoms with Crippen LogP contribution in [0.5, 0.6) is 0 Å². The first-order chi connectivity index (χ1) is 15.3. The highest BCUT2D eigenvalue weighted by atomic mass is 16.6. The minimum Gasteiger partial charge on any atom is -0.453 e. The fourth-order valence-electron chi connectivity index (χ4n) is 11.4. The molecule has 33 heavy (non-hydrogen) atoms. The number of aliphatic hydroxyl groups is 1. The molecule has 0 amide bonds. The van der Waals surface area contributed by atoms with Crippen molar-refractivity contribution in [2.75, 3.05) is 0 Å². The number of rotatable bonds is 0. The molecule has 5 fully saturated rings. The molecule has 0 aromatic heterocycles. The van der Waals surface area contributed by atoms with Crippen molar-refractivity contribution >= 4 is 5.97 Å². The van der Waals surface area contributed by atoms with Crippen LogP contribution in [0.3, 0.4) is 0 Å². The summed E-state index contributed by atoms with van der Waals surface area (Å²) in [6, 6.07) is 0. The fraction of sp³-hybridized carbons (Fsp3) is 0.900.